The van der Waals surface area contributed by atoms with Crippen molar-refractivity contribution >= 4 is 11.6 Å². The summed E-state index contributed by atoms with van der Waals surface area (Å²) in [6, 6.07) is 0. The van der Waals surface area contributed by atoms with Gasteiger partial charge in [0.25, 0.3) is 0 Å². The molecule has 4 rings (SSSR count). The van der Waals surface area contributed by atoms with E-state index in [1.807, 2.05) is 6.92 Å². The zero-order valence-electron chi connectivity index (χ0n) is 14.7. The summed E-state index contributed by atoms with van der Waals surface area (Å²) in [5.74, 6) is 2.18. The van der Waals surface area contributed by atoms with Crippen LogP contribution in [0.3, 0.4) is 0 Å². The maximum absolute atomic E-state index is 13.2. The number of ketones is 2. The monoisotopic (exact) mass is 318 g/mol. The maximum Gasteiger partial charge on any atom is 0.137 e. The summed E-state index contributed by atoms with van der Waals surface area (Å²) in [5.41, 5.74) is -0.943. The van der Waals surface area contributed by atoms with Crippen LogP contribution in [0.2, 0.25) is 0 Å². The topological polar surface area (TPSA) is 54.4 Å². The first-order valence-corrected chi connectivity index (χ1v) is 9.46. The summed E-state index contributed by atoms with van der Waals surface area (Å²) in [4.78, 5) is 25.1. The zero-order valence-corrected chi connectivity index (χ0v) is 14.7. The second-order valence-corrected chi connectivity index (χ2v) is 9.64. The molecule has 4 aliphatic carbocycles. The minimum absolute atomic E-state index is 0.0175. The lowest BCUT2D eigenvalue weighted by atomic mass is 9.44. The molecule has 0 amide bonds. The van der Waals surface area contributed by atoms with Gasteiger partial charge in [-0.1, -0.05) is 13.8 Å². The quantitative estimate of drug-likeness (QED) is 0.743. The molecule has 0 radical (unpaired) electrons. The highest BCUT2D eigenvalue weighted by molar-refractivity contribution is 5.86. The molecule has 7 atom stereocenters. The second-order valence-electron chi connectivity index (χ2n) is 9.64. The molecule has 128 valence electrons. The summed E-state index contributed by atoms with van der Waals surface area (Å²) >= 11 is 0. The Kier molecular flexibility index (Phi) is 3.22. The van der Waals surface area contributed by atoms with E-state index in [1.165, 1.54) is 0 Å². The molecule has 0 unspecified atom stereocenters. The van der Waals surface area contributed by atoms with Gasteiger partial charge in [0.05, 0.1) is 5.60 Å². The Bertz CT molecular complexity index is 565. The Morgan fingerprint density at radius 1 is 1.04 bits per heavy atom. The van der Waals surface area contributed by atoms with E-state index < -0.39 is 5.60 Å². The third kappa shape index (κ3) is 1.92. The van der Waals surface area contributed by atoms with E-state index in [1.54, 1.807) is 0 Å². The van der Waals surface area contributed by atoms with Crippen LogP contribution in [0.4, 0.5) is 0 Å². The van der Waals surface area contributed by atoms with Crippen LogP contribution in [-0.2, 0) is 9.59 Å². The number of hydrogen-bond donors (Lipinski definition) is 1. The second kappa shape index (κ2) is 4.68. The fourth-order valence-electron chi connectivity index (χ4n) is 7.07. The van der Waals surface area contributed by atoms with Crippen molar-refractivity contribution in [2.24, 2.45) is 34.5 Å². The van der Waals surface area contributed by atoms with Gasteiger partial charge in [0.15, 0.2) is 0 Å². The standard InChI is InChI=1S/C20H30O3/c1-18-8-6-13(21)10-12(18)4-5-14-15-7-9-20(3,23)19(15,2)11-16(22)17(14)18/h12,14-15,17,23H,4-11H2,1-3H3/t12-,14-,15+,17+,18-,19+,20-/m0/s1. The number of hydrogen-bond acceptors (Lipinski definition) is 3. The van der Waals surface area contributed by atoms with E-state index in [4.69, 9.17) is 0 Å². The molecule has 0 aromatic carbocycles. The molecule has 3 heteroatoms. The van der Waals surface area contributed by atoms with Gasteiger partial charge >= 0.3 is 0 Å². The van der Waals surface area contributed by atoms with Crippen molar-refractivity contribution in [1.82, 2.24) is 0 Å². The van der Waals surface area contributed by atoms with Gasteiger partial charge in [-0.05, 0) is 62.2 Å². The minimum Gasteiger partial charge on any atom is -0.390 e. The lowest BCUT2D eigenvalue weighted by Gasteiger charge is -2.59. The molecule has 4 fully saturated rings. The van der Waals surface area contributed by atoms with Crippen molar-refractivity contribution < 1.29 is 14.7 Å². The van der Waals surface area contributed by atoms with Gasteiger partial charge in [0, 0.05) is 30.6 Å². The first kappa shape index (κ1) is 15.8. The highest BCUT2D eigenvalue weighted by atomic mass is 16.3. The number of Topliss-reactive ketones (excluding diaryl/α,β-unsaturated/α-hetero) is 2. The molecule has 0 aromatic rings. The largest absolute Gasteiger partial charge is 0.390 e. The summed E-state index contributed by atoms with van der Waals surface area (Å²) < 4.78 is 0. The summed E-state index contributed by atoms with van der Waals surface area (Å²) in [6.07, 6.45) is 6.80. The van der Waals surface area contributed by atoms with Crippen molar-refractivity contribution in [3.8, 4) is 0 Å². The summed E-state index contributed by atoms with van der Waals surface area (Å²) in [7, 11) is 0. The molecular weight excluding hydrogens is 288 g/mol. The molecule has 0 bridgehead atoms. The fourth-order valence-corrected chi connectivity index (χ4v) is 7.07. The number of aliphatic hydroxyl groups is 1. The van der Waals surface area contributed by atoms with Gasteiger partial charge < -0.3 is 5.11 Å². The van der Waals surface area contributed by atoms with Crippen LogP contribution in [0.1, 0.15) is 72.1 Å². The molecule has 23 heavy (non-hydrogen) atoms. The van der Waals surface area contributed by atoms with Crippen molar-refractivity contribution in [2.75, 3.05) is 0 Å². The van der Waals surface area contributed by atoms with E-state index in [2.05, 4.69) is 13.8 Å². The van der Waals surface area contributed by atoms with E-state index in [0.29, 0.717) is 48.6 Å². The molecule has 4 aliphatic rings. The van der Waals surface area contributed by atoms with Gasteiger partial charge in [-0.2, -0.15) is 0 Å². The molecule has 0 aromatic heterocycles. The molecule has 0 aliphatic heterocycles. The SMILES string of the molecule is C[C@]12CCC(=O)C[C@@H]1CC[C@H]1[C@H]3CC[C@](C)(O)[C@]3(C)CC(=O)[C@@H]12. The van der Waals surface area contributed by atoms with Gasteiger partial charge in [-0.3, -0.25) is 9.59 Å². The van der Waals surface area contributed by atoms with Crippen molar-refractivity contribution in [3.05, 3.63) is 0 Å². The van der Waals surface area contributed by atoms with E-state index in [9.17, 15) is 14.7 Å². The molecule has 0 heterocycles. The Morgan fingerprint density at radius 2 is 1.78 bits per heavy atom. The fraction of sp³-hybridized carbons (Fsp3) is 0.900. The molecular formula is C20H30O3. The molecule has 0 spiro atoms. The maximum atomic E-state index is 13.2. The van der Waals surface area contributed by atoms with Crippen molar-refractivity contribution in [1.29, 1.82) is 0 Å². The third-order valence-corrected chi connectivity index (χ3v) is 8.73. The van der Waals surface area contributed by atoms with E-state index in [0.717, 1.165) is 32.1 Å². The predicted octanol–water partition coefficient (Wildman–Crippen LogP) is 3.53. The summed E-state index contributed by atoms with van der Waals surface area (Å²) in [6.45, 7) is 6.37. The predicted molar refractivity (Wildman–Crippen MR) is 87.7 cm³/mol. The highest BCUT2D eigenvalue weighted by Gasteiger charge is 2.65. The smallest absolute Gasteiger partial charge is 0.137 e. The van der Waals surface area contributed by atoms with E-state index >= 15 is 0 Å². The average molecular weight is 318 g/mol. The molecule has 3 nitrogen and oxygen atoms in total. The van der Waals surface area contributed by atoms with Gasteiger partial charge in [-0.25, -0.2) is 0 Å². The van der Waals surface area contributed by atoms with Crippen LogP contribution >= 0.6 is 0 Å². The lowest BCUT2D eigenvalue weighted by molar-refractivity contribution is -0.170. The van der Waals surface area contributed by atoms with Crippen LogP contribution in [0, 0.1) is 34.5 Å². The Hall–Kier alpha value is -0.700. The van der Waals surface area contributed by atoms with E-state index in [-0.39, 0.29) is 16.7 Å². The number of carbonyl (C=O) groups excluding carboxylic acids is 2. The van der Waals surface area contributed by atoms with Crippen LogP contribution < -0.4 is 0 Å². The third-order valence-electron chi connectivity index (χ3n) is 8.73. The highest BCUT2D eigenvalue weighted by Crippen LogP contribution is 2.66. The van der Waals surface area contributed by atoms with Crippen LogP contribution in [0.15, 0.2) is 0 Å². The lowest BCUT2D eigenvalue weighted by Crippen LogP contribution is -2.59. The summed E-state index contributed by atoms with van der Waals surface area (Å²) in [5, 5.41) is 10.9. The van der Waals surface area contributed by atoms with Gasteiger partial charge in [-0.15, -0.1) is 0 Å². The van der Waals surface area contributed by atoms with Crippen LogP contribution in [0.5, 0.6) is 0 Å². The minimum atomic E-state index is -0.710. The van der Waals surface area contributed by atoms with Crippen LogP contribution in [-0.4, -0.2) is 22.3 Å². The Morgan fingerprint density at radius 3 is 2.52 bits per heavy atom. The number of carbonyl (C=O) groups is 2. The average Bonchev–Trinajstić information content (AvgIpc) is 2.69. The van der Waals surface area contributed by atoms with Crippen molar-refractivity contribution in [2.45, 2.75) is 77.7 Å². The van der Waals surface area contributed by atoms with Crippen molar-refractivity contribution in [3.63, 3.8) is 0 Å². The number of rotatable bonds is 0. The first-order chi connectivity index (χ1) is 10.7. The molecule has 0 saturated heterocycles. The first-order valence-electron chi connectivity index (χ1n) is 9.46. The van der Waals surface area contributed by atoms with Gasteiger partial charge in [0.2, 0.25) is 0 Å². The Labute approximate surface area is 139 Å². The normalized spacial score (nSPS) is 56.0. The Balaban J connectivity index is 1.72. The number of fused-ring (bicyclic) bond motifs is 5. The molecule has 4 saturated carbocycles. The van der Waals surface area contributed by atoms with Gasteiger partial charge in [0.1, 0.15) is 11.6 Å². The molecule has 1 N–H and O–H groups in total. The zero-order chi connectivity index (χ0) is 16.6. The van der Waals surface area contributed by atoms with Crippen LogP contribution in [0.25, 0.3) is 0 Å².